The smallest absolute Gasteiger partial charge is 0.341 e. The summed E-state index contributed by atoms with van der Waals surface area (Å²) < 4.78 is 23.9. The second kappa shape index (κ2) is 17.6. The van der Waals surface area contributed by atoms with Gasteiger partial charge in [0, 0.05) is 54.1 Å². The summed E-state index contributed by atoms with van der Waals surface area (Å²) >= 11 is 0. The van der Waals surface area contributed by atoms with Crippen molar-refractivity contribution in [3.63, 3.8) is 0 Å². The Labute approximate surface area is 378 Å². The highest BCUT2D eigenvalue weighted by Gasteiger charge is 2.54. The van der Waals surface area contributed by atoms with Crippen molar-refractivity contribution in [2.24, 2.45) is 0 Å². The van der Waals surface area contributed by atoms with E-state index in [1.54, 1.807) is 31.2 Å². The molecule has 2 aromatic carbocycles. The highest BCUT2D eigenvalue weighted by molar-refractivity contribution is 5.95. The zero-order valence-corrected chi connectivity index (χ0v) is 37.3. The molecule has 6 heterocycles. The molecule has 0 bridgehead atoms. The lowest BCUT2D eigenvalue weighted by atomic mass is 10.0. The van der Waals surface area contributed by atoms with Crippen LogP contribution >= 0.6 is 0 Å². The molecule has 4 N–H and O–H groups in total. The Hall–Kier alpha value is -5.66. The number of benzene rings is 2. The molecule has 2 saturated heterocycles. The summed E-state index contributed by atoms with van der Waals surface area (Å²) in [6, 6.07) is 13.8. The predicted molar refractivity (Wildman–Crippen MR) is 242 cm³/mol. The first-order chi connectivity index (χ1) is 31.6. The lowest BCUT2D eigenvalue weighted by Gasteiger charge is -2.39. The molecule has 18 heteroatoms. The summed E-state index contributed by atoms with van der Waals surface area (Å²) in [6.07, 6.45) is 5.11. The molecule has 4 aromatic rings. The van der Waals surface area contributed by atoms with E-state index >= 15 is 0 Å². The van der Waals surface area contributed by atoms with Gasteiger partial charge in [0.05, 0.1) is 81.2 Å². The molecule has 3 atom stereocenters. The maximum atomic E-state index is 14.2. The van der Waals surface area contributed by atoms with Gasteiger partial charge in [-0.05, 0) is 108 Å². The van der Waals surface area contributed by atoms with Crippen molar-refractivity contribution in [2.75, 3.05) is 79.7 Å². The van der Waals surface area contributed by atoms with Gasteiger partial charge < -0.3 is 49.6 Å². The lowest BCUT2D eigenvalue weighted by Crippen LogP contribution is -2.59. The minimum Gasteiger partial charge on any atom is -0.471 e. The van der Waals surface area contributed by atoms with Gasteiger partial charge in [-0.25, -0.2) is 34.6 Å². The van der Waals surface area contributed by atoms with Crippen molar-refractivity contribution in [2.45, 2.75) is 102 Å². The van der Waals surface area contributed by atoms with Gasteiger partial charge in [0.2, 0.25) is 5.88 Å². The van der Waals surface area contributed by atoms with E-state index in [-0.39, 0.29) is 43.5 Å². The number of carbonyl (C=O) groups excluding carboxylic acids is 2. The average molecular weight is 891 g/mol. The Morgan fingerprint density at radius 3 is 1.89 bits per heavy atom. The molecule has 65 heavy (non-hydrogen) atoms. The largest absolute Gasteiger partial charge is 0.471 e. The van der Waals surface area contributed by atoms with Crippen molar-refractivity contribution in [3.05, 3.63) is 65.4 Å². The summed E-state index contributed by atoms with van der Waals surface area (Å²) in [5.41, 5.74) is 4.31. The number of hydrazine groups is 1. The zero-order chi connectivity index (χ0) is 44.9. The van der Waals surface area contributed by atoms with Crippen LogP contribution < -0.4 is 25.2 Å². The van der Waals surface area contributed by atoms with Crippen LogP contribution in [0.3, 0.4) is 0 Å². The molecular formula is C47H58N10O8. The van der Waals surface area contributed by atoms with Gasteiger partial charge in [0.25, 0.3) is 0 Å². The number of carbonyl (C=O) groups is 2. The van der Waals surface area contributed by atoms with Crippen molar-refractivity contribution in [3.8, 4) is 28.7 Å². The summed E-state index contributed by atoms with van der Waals surface area (Å²) in [7, 11) is 0. The first kappa shape index (κ1) is 43.2. The number of morpholine rings is 2. The number of fused-ring (bicyclic) bond motifs is 2. The first-order valence-corrected chi connectivity index (χ1v) is 23.0. The number of aliphatic hydroxyl groups excluding tert-OH is 2. The fourth-order valence-electron chi connectivity index (χ4n) is 9.41. The minimum atomic E-state index is -0.927. The predicted octanol–water partition coefficient (Wildman–Crippen LogP) is 5.17. The van der Waals surface area contributed by atoms with Crippen LogP contribution in [0.5, 0.6) is 5.88 Å². The standard InChI is InChI=1S/C47H58N10O8/c1-4-56(44(60)48-33-9-5-31(6-10-33)39-50-38-23-35(24-58)64-27-37(38)42(51-39)55-20-22-63-26-30(55)3)57(46(28-59)15-16-46)45(61)49-34-11-7-32(8-12-34)40-52-41(54-19-21-62-25-29(54)2)36-13-14-47(17-18-47)65-43(36)53-40/h5-12,29-30,35,58-59H,4,13-28H2,1-3H3,(H,48,60)(H,49,61). The molecular weight excluding hydrogens is 833 g/mol. The fourth-order valence-corrected chi connectivity index (χ4v) is 9.41. The van der Waals surface area contributed by atoms with Gasteiger partial charge in [-0.15, -0.1) is 0 Å². The van der Waals surface area contributed by atoms with Gasteiger partial charge in [-0.2, -0.15) is 4.98 Å². The average Bonchev–Trinajstić information content (AvgIpc) is 4.28. The monoisotopic (exact) mass is 890 g/mol. The van der Waals surface area contributed by atoms with Gasteiger partial charge in [-0.3, -0.25) is 0 Å². The molecule has 3 unspecified atom stereocenters. The number of anilines is 4. The number of hydrogen-bond donors (Lipinski definition) is 4. The highest BCUT2D eigenvalue weighted by Crippen LogP contribution is 2.50. The molecule has 18 nitrogen and oxygen atoms in total. The van der Waals surface area contributed by atoms with Crippen molar-refractivity contribution in [1.29, 1.82) is 0 Å². The van der Waals surface area contributed by atoms with Crippen molar-refractivity contribution >= 4 is 35.1 Å². The van der Waals surface area contributed by atoms with E-state index in [0.717, 1.165) is 71.8 Å². The first-order valence-electron chi connectivity index (χ1n) is 23.0. The van der Waals surface area contributed by atoms with E-state index < -0.39 is 17.6 Å². The van der Waals surface area contributed by atoms with Crippen LogP contribution in [-0.2, 0) is 33.7 Å². The number of amides is 4. The molecule has 0 radical (unpaired) electrons. The number of nitrogens with one attached hydrogen (secondary N) is 2. The third-order valence-electron chi connectivity index (χ3n) is 13.7. The van der Waals surface area contributed by atoms with E-state index in [0.29, 0.717) is 87.7 Å². The number of hydrogen-bond acceptors (Lipinski definition) is 14. The highest BCUT2D eigenvalue weighted by atomic mass is 16.5. The second-order valence-electron chi connectivity index (χ2n) is 18.2. The zero-order valence-electron chi connectivity index (χ0n) is 37.3. The van der Waals surface area contributed by atoms with Crippen molar-refractivity contribution < 1.29 is 38.7 Å². The third-order valence-corrected chi connectivity index (χ3v) is 13.7. The molecule has 2 aromatic heterocycles. The number of aliphatic hydroxyl groups is 2. The summed E-state index contributed by atoms with van der Waals surface area (Å²) in [5.74, 6) is 3.42. The van der Waals surface area contributed by atoms with Crippen LogP contribution in [-0.4, -0.2) is 141 Å². The summed E-state index contributed by atoms with van der Waals surface area (Å²) in [4.78, 5) is 52.8. The van der Waals surface area contributed by atoms with E-state index in [1.165, 1.54) is 10.0 Å². The van der Waals surface area contributed by atoms with E-state index in [9.17, 15) is 19.8 Å². The topological polar surface area (TPSA) is 200 Å². The van der Waals surface area contributed by atoms with Crippen LogP contribution in [0, 0.1) is 0 Å². The number of ether oxygens (including phenoxy) is 4. The molecule has 2 aliphatic carbocycles. The number of nitrogens with zero attached hydrogens (tertiary/aromatic N) is 8. The Bertz CT molecular complexity index is 2410. The SMILES string of the molecule is CCN(C(=O)Nc1ccc(-c2nc3c(c(N4CCOCC4C)n2)COC(CO)C3)cc1)N(C(=O)Nc1ccc(-c2nc3c(c(N4CCOCC4C)n2)CCC2(CC2)O3)cc1)C1(CO)CC1. The van der Waals surface area contributed by atoms with Crippen LogP contribution in [0.4, 0.5) is 32.6 Å². The second-order valence-corrected chi connectivity index (χ2v) is 18.2. The Morgan fingerprint density at radius 2 is 1.35 bits per heavy atom. The van der Waals surface area contributed by atoms with Gasteiger partial charge >= 0.3 is 12.1 Å². The van der Waals surface area contributed by atoms with Crippen LogP contribution in [0.2, 0.25) is 0 Å². The maximum absolute atomic E-state index is 14.2. The van der Waals surface area contributed by atoms with E-state index in [4.69, 9.17) is 38.9 Å². The van der Waals surface area contributed by atoms with E-state index in [1.807, 2.05) is 24.3 Å². The number of aromatic nitrogens is 4. The fraction of sp³-hybridized carbons (Fsp3) is 0.532. The maximum Gasteiger partial charge on any atom is 0.341 e. The summed E-state index contributed by atoms with van der Waals surface area (Å²) in [5, 5.41) is 29.1. The van der Waals surface area contributed by atoms with Crippen molar-refractivity contribution in [1.82, 2.24) is 30.0 Å². The van der Waals surface area contributed by atoms with Crippen LogP contribution in [0.15, 0.2) is 48.5 Å². The molecule has 4 aliphatic heterocycles. The van der Waals surface area contributed by atoms with Gasteiger partial charge in [0.1, 0.15) is 17.2 Å². The minimum absolute atomic E-state index is 0.101. The van der Waals surface area contributed by atoms with Gasteiger partial charge in [0.15, 0.2) is 11.6 Å². The third kappa shape index (κ3) is 8.53. The molecule has 10 rings (SSSR count). The molecule has 1 spiro atoms. The molecule has 6 aliphatic rings. The van der Waals surface area contributed by atoms with Gasteiger partial charge in [-0.1, -0.05) is 0 Å². The summed E-state index contributed by atoms with van der Waals surface area (Å²) in [6.45, 7) is 9.94. The normalized spacial score (nSPS) is 22.6. The van der Waals surface area contributed by atoms with Crippen LogP contribution in [0.1, 0.15) is 69.7 Å². The Morgan fingerprint density at radius 1 is 0.769 bits per heavy atom. The lowest BCUT2D eigenvalue weighted by molar-refractivity contribution is -0.00828. The molecule has 4 fully saturated rings. The molecule has 2 saturated carbocycles. The Balaban J connectivity index is 0.855. The molecule has 4 amide bonds. The molecule has 344 valence electrons. The van der Waals surface area contributed by atoms with E-state index in [2.05, 4.69) is 34.3 Å². The Kier molecular flexibility index (Phi) is 11.7. The quantitative estimate of drug-likeness (QED) is 0.152. The van der Waals surface area contributed by atoms with Crippen LogP contribution in [0.25, 0.3) is 22.8 Å². The number of urea groups is 2. The number of rotatable bonds is 10.